The fourth-order valence-electron chi connectivity index (χ4n) is 2.32. The van der Waals surface area contributed by atoms with Crippen LogP contribution in [0.1, 0.15) is 0 Å². The van der Waals surface area contributed by atoms with Crippen molar-refractivity contribution in [1.29, 1.82) is 0 Å². The van der Waals surface area contributed by atoms with Crippen LogP contribution in [0.2, 0.25) is 5.15 Å². The third kappa shape index (κ3) is 2.94. The van der Waals surface area contributed by atoms with Crippen molar-refractivity contribution < 1.29 is 9.47 Å². The molecule has 0 atom stereocenters. The summed E-state index contributed by atoms with van der Waals surface area (Å²) in [5, 5.41) is 0.427. The van der Waals surface area contributed by atoms with E-state index in [-0.39, 0.29) is 0 Å². The van der Waals surface area contributed by atoms with Crippen molar-refractivity contribution in [2.75, 3.05) is 38.3 Å². The Morgan fingerprint density at radius 3 is 2.67 bits per heavy atom. The summed E-state index contributed by atoms with van der Waals surface area (Å²) in [6, 6.07) is 7.68. The molecule has 5 nitrogen and oxygen atoms in total. The molecule has 1 aliphatic rings. The molecule has 1 aliphatic heterocycles. The van der Waals surface area contributed by atoms with E-state index in [4.69, 9.17) is 21.1 Å². The maximum absolute atomic E-state index is 6.35. The number of ether oxygens (including phenoxy) is 2. The van der Waals surface area contributed by atoms with Gasteiger partial charge in [-0.05, 0) is 6.07 Å². The van der Waals surface area contributed by atoms with Gasteiger partial charge in [-0.2, -0.15) is 0 Å². The molecule has 0 radical (unpaired) electrons. The molecule has 0 saturated carbocycles. The summed E-state index contributed by atoms with van der Waals surface area (Å²) in [5.41, 5.74) is 1.66. The molecule has 110 valence electrons. The number of methoxy groups -OCH3 is 1. The molecule has 2 aromatic rings. The molecule has 1 fully saturated rings. The van der Waals surface area contributed by atoms with E-state index in [0.717, 1.165) is 30.0 Å². The van der Waals surface area contributed by atoms with Gasteiger partial charge in [0.15, 0.2) is 0 Å². The predicted molar refractivity (Wildman–Crippen MR) is 82.1 cm³/mol. The van der Waals surface area contributed by atoms with Gasteiger partial charge < -0.3 is 14.4 Å². The van der Waals surface area contributed by atoms with Gasteiger partial charge in [0.2, 0.25) is 5.95 Å². The van der Waals surface area contributed by atoms with Crippen LogP contribution in [0.3, 0.4) is 0 Å². The number of benzene rings is 1. The van der Waals surface area contributed by atoms with Gasteiger partial charge in [-0.1, -0.05) is 29.8 Å². The fraction of sp³-hybridized carbons (Fsp3) is 0.333. The fourth-order valence-corrected chi connectivity index (χ4v) is 2.54. The highest BCUT2D eigenvalue weighted by atomic mass is 35.5. The molecule has 1 aromatic carbocycles. The second kappa shape index (κ2) is 6.28. The maximum Gasteiger partial charge on any atom is 0.226 e. The van der Waals surface area contributed by atoms with Crippen molar-refractivity contribution in [2.24, 2.45) is 0 Å². The predicted octanol–water partition coefficient (Wildman–Crippen LogP) is 2.64. The molecule has 0 spiro atoms. The molecule has 2 heterocycles. The van der Waals surface area contributed by atoms with Crippen molar-refractivity contribution in [1.82, 2.24) is 9.97 Å². The summed E-state index contributed by atoms with van der Waals surface area (Å²) in [6.45, 7) is 2.94. The van der Waals surface area contributed by atoms with Gasteiger partial charge in [-0.3, -0.25) is 0 Å². The first-order valence-corrected chi connectivity index (χ1v) is 7.16. The van der Waals surface area contributed by atoms with Crippen LogP contribution in [0.5, 0.6) is 5.75 Å². The summed E-state index contributed by atoms with van der Waals surface area (Å²) < 4.78 is 10.7. The Balaban J connectivity index is 1.94. The molecule has 0 aliphatic carbocycles. The van der Waals surface area contributed by atoms with E-state index in [0.29, 0.717) is 24.3 Å². The smallest absolute Gasteiger partial charge is 0.226 e. The minimum atomic E-state index is 0.427. The standard InChI is InChI=1S/C15H16ClN3O2/c1-20-13-5-3-2-4-11(13)12-10-17-15(18-14(12)16)19-6-8-21-9-7-19/h2-5,10H,6-9H2,1H3. The van der Waals surface area contributed by atoms with Crippen LogP contribution in [0, 0.1) is 0 Å². The number of anilines is 1. The summed E-state index contributed by atoms with van der Waals surface area (Å²) in [4.78, 5) is 10.9. The molecule has 0 amide bonds. The highest BCUT2D eigenvalue weighted by Crippen LogP contribution is 2.33. The largest absolute Gasteiger partial charge is 0.496 e. The zero-order valence-electron chi connectivity index (χ0n) is 11.8. The number of nitrogens with zero attached hydrogens (tertiary/aromatic N) is 3. The average molecular weight is 306 g/mol. The third-order valence-electron chi connectivity index (χ3n) is 3.42. The van der Waals surface area contributed by atoms with Crippen molar-refractivity contribution in [2.45, 2.75) is 0 Å². The molecule has 0 unspecified atom stereocenters. The highest BCUT2D eigenvalue weighted by molar-refractivity contribution is 6.32. The van der Waals surface area contributed by atoms with E-state index in [1.54, 1.807) is 13.3 Å². The van der Waals surface area contributed by atoms with E-state index in [9.17, 15) is 0 Å². The van der Waals surface area contributed by atoms with Gasteiger partial charge in [0.1, 0.15) is 10.9 Å². The Hall–Kier alpha value is -1.85. The second-order valence-corrected chi connectivity index (χ2v) is 5.03. The first-order valence-electron chi connectivity index (χ1n) is 6.78. The van der Waals surface area contributed by atoms with Gasteiger partial charge in [0.05, 0.1) is 20.3 Å². The summed E-state index contributed by atoms with van der Waals surface area (Å²) in [7, 11) is 1.63. The first-order chi connectivity index (χ1) is 10.3. The lowest BCUT2D eigenvalue weighted by Crippen LogP contribution is -2.37. The van der Waals surface area contributed by atoms with Crippen molar-refractivity contribution in [3.8, 4) is 16.9 Å². The molecule has 21 heavy (non-hydrogen) atoms. The van der Waals surface area contributed by atoms with Gasteiger partial charge >= 0.3 is 0 Å². The van der Waals surface area contributed by atoms with Crippen molar-refractivity contribution in [3.05, 3.63) is 35.6 Å². The van der Waals surface area contributed by atoms with Crippen LogP contribution in [0.15, 0.2) is 30.5 Å². The van der Waals surface area contributed by atoms with E-state index < -0.39 is 0 Å². The molecule has 3 rings (SSSR count). The Labute approximate surface area is 128 Å². The van der Waals surface area contributed by atoms with E-state index >= 15 is 0 Å². The van der Waals surface area contributed by atoms with Crippen LogP contribution in [-0.4, -0.2) is 43.4 Å². The molecular weight excluding hydrogens is 290 g/mol. The van der Waals surface area contributed by atoms with Crippen LogP contribution in [-0.2, 0) is 4.74 Å². The van der Waals surface area contributed by atoms with Gasteiger partial charge in [0.25, 0.3) is 0 Å². The van der Waals surface area contributed by atoms with Gasteiger partial charge in [-0.15, -0.1) is 0 Å². The number of hydrogen-bond donors (Lipinski definition) is 0. The van der Waals surface area contributed by atoms with Crippen molar-refractivity contribution >= 4 is 17.5 Å². The summed E-state index contributed by atoms with van der Waals surface area (Å²) >= 11 is 6.35. The van der Waals surface area contributed by atoms with Crippen LogP contribution in [0.4, 0.5) is 5.95 Å². The summed E-state index contributed by atoms with van der Waals surface area (Å²) in [5.74, 6) is 1.39. The van der Waals surface area contributed by atoms with Gasteiger partial charge in [-0.25, -0.2) is 9.97 Å². The molecular formula is C15H16ClN3O2. The molecule has 6 heteroatoms. The lowest BCUT2D eigenvalue weighted by molar-refractivity contribution is 0.122. The SMILES string of the molecule is COc1ccccc1-c1cnc(N2CCOCC2)nc1Cl. The van der Waals surface area contributed by atoms with E-state index in [1.165, 1.54) is 0 Å². The van der Waals surface area contributed by atoms with Gasteiger partial charge in [0, 0.05) is 30.4 Å². The minimum absolute atomic E-state index is 0.427. The summed E-state index contributed by atoms with van der Waals surface area (Å²) in [6.07, 6.45) is 1.75. The molecule has 0 bridgehead atoms. The number of hydrogen-bond acceptors (Lipinski definition) is 5. The Morgan fingerprint density at radius 2 is 1.95 bits per heavy atom. The van der Waals surface area contributed by atoms with E-state index in [2.05, 4.69) is 14.9 Å². The number of para-hydroxylation sites is 1. The van der Waals surface area contributed by atoms with Crippen molar-refractivity contribution in [3.63, 3.8) is 0 Å². The molecule has 0 N–H and O–H groups in total. The first kappa shape index (κ1) is 14.1. The lowest BCUT2D eigenvalue weighted by atomic mass is 10.1. The monoisotopic (exact) mass is 305 g/mol. The second-order valence-electron chi connectivity index (χ2n) is 4.67. The average Bonchev–Trinajstić information content (AvgIpc) is 2.55. The normalized spacial score (nSPS) is 15.0. The quantitative estimate of drug-likeness (QED) is 0.816. The Morgan fingerprint density at radius 1 is 1.19 bits per heavy atom. The van der Waals surface area contributed by atoms with E-state index in [1.807, 2.05) is 24.3 Å². The number of morpholine rings is 1. The molecule has 1 saturated heterocycles. The highest BCUT2D eigenvalue weighted by Gasteiger charge is 2.17. The van der Waals surface area contributed by atoms with Crippen LogP contribution in [0.25, 0.3) is 11.1 Å². The Kier molecular flexibility index (Phi) is 4.22. The number of aromatic nitrogens is 2. The van der Waals surface area contributed by atoms with Crippen LogP contribution < -0.4 is 9.64 Å². The van der Waals surface area contributed by atoms with Crippen LogP contribution >= 0.6 is 11.6 Å². The molecule has 1 aromatic heterocycles. The third-order valence-corrected chi connectivity index (χ3v) is 3.71. The zero-order valence-corrected chi connectivity index (χ0v) is 12.5. The lowest BCUT2D eigenvalue weighted by Gasteiger charge is -2.26. The minimum Gasteiger partial charge on any atom is -0.496 e. The maximum atomic E-state index is 6.35. The topological polar surface area (TPSA) is 47.5 Å². The number of rotatable bonds is 3. The number of halogens is 1. The Bertz CT molecular complexity index is 630. The zero-order chi connectivity index (χ0) is 14.7.